The van der Waals surface area contributed by atoms with Gasteiger partial charge in [0.25, 0.3) is 0 Å². The minimum atomic E-state index is 0.914. The monoisotopic (exact) mass is 152 g/mol. The van der Waals surface area contributed by atoms with Crippen molar-refractivity contribution in [2.75, 3.05) is 20.1 Å². The predicted molar refractivity (Wildman–Crippen MR) is 43.1 cm³/mol. The highest BCUT2D eigenvalue weighted by Crippen LogP contribution is 2.08. The first-order valence-corrected chi connectivity index (χ1v) is 3.72. The second-order valence-corrected chi connectivity index (χ2v) is 2.78. The van der Waals surface area contributed by atoms with Gasteiger partial charge in [0.1, 0.15) is 5.82 Å². The molecule has 0 radical (unpaired) electrons. The van der Waals surface area contributed by atoms with Gasteiger partial charge in [0.05, 0.1) is 0 Å². The molecule has 0 aliphatic carbocycles. The van der Waals surface area contributed by atoms with Gasteiger partial charge in [-0.3, -0.25) is 5.43 Å². The smallest absolute Gasteiger partial charge is 0.119 e. The molecule has 0 amide bonds. The van der Waals surface area contributed by atoms with E-state index in [4.69, 9.17) is 0 Å². The average molecular weight is 152 g/mol. The lowest BCUT2D eigenvalue weighted by Crippen LogP contribution is -2.53. The number of hydrogen-bond donors (Lipinski definition) is 3. The van der Waals surface area contributed by atoms with Crippen molar-refractivity contribution in [1.29, 1.82) is 0 Å². The van der Waals surface area contributed by atoms with E-state index < -0.39 is 0 Å². The molecule has 0 aromatic carbocycles. The molecule has 0 fully saturated rings. The Kier molecular flexibility index (Phi) is 1.56. The summed E-state index contributed by atoms with van der Waals surface area (Å²) in [6.07, 6.45) is 4.27. The summed E-state index contributed by atoms with van der Waals surface area (Å²) < 4.78 is 0. The molecule has 0 saturated carbocycles. The largest absolute Gasteiger partial charge is 0.367 e. The van der Waals surface area contributed by atoms with Crippen LogP contribution in [0.15, 0.2) is 23.5 Å². The van der Waals surface area contributed by atoms with E-state index >= 15 is 0 Å². The van der Waals surface area contributed by atoms with Gasteiger partial charge in [-0.15, -0.1) is 0 Å². The van der Waals surface area contributed by atoms with Crippen molar-refractivity contribution >= 4 is 0 Å². The molecule has 60 valence electrons. The van der Waals surface area contributed by atoms with Crippen LogP contribution in [0.4, 0.5) is 0 Å². The number of likely N-dealkylation sites (N-methyl/N-ethyl adjacent to an activating group) is 1. The summed E-state index contributed by atoms with van der Waals surface area (Å²) in [6.45, 7) is 1.85. The first kappa shape index (κ1) is 6.69. The maximum atomic E-state index is 3.23. The molecule has 2 aliphatic heterocycles. The zero-order valence-corrected chi connectivity index (χ0v) is 6.52. The van der Waals surface area contributed by atoms with Gasteiger partial charge in [-0.2, -0.15) is 5.53 Å². The quantitative estimate of drug-likeness (QED) is 0.430. The topological polar surface area (TPSA) is 39.3 Å². The maximum Gasteiger partial charge on any atom is 0.119 e. The van der Waals surface area contributed by atoms with Crippen LogP contribution in [0, 0.1) is 0 Å². The van der Waals surface area contributed by atoms with E-state index in [0.717, 1.165) is 18.9 Å². The van der Waals surface area contributed by atoms with Gasteiger partial charge in [-0.1, -0.05) is 12.2 Å². The van der Waals surface area contributed by atoms with Crippen molar-refractivity contribution < 1.29 is 0 Å². The molecule has 0 saturated heterocycles. The predicted octanol–water partition coefficient (Wildman–Crippen LogP) is -0.688. The molecule has 0 bridgehead atoms. The van der Waals surface area contributed by atoms with Gasteiger partial charge in [-0.05, 0) is 0 Å². The SMILES string of the molecule is CN1CC2=C(NCC=C2)NN1. The van der Waals surface area contributed by atoms with Crippen LogP contribution >= 0.6 is 0 Å². The second-order valence-electron chi connectivity index (χ2n) is 2.78. The molecular weight excluding hydrogens is 140 g/mol. The molecule has 4 nitrogen and oxygen atoms in total. The van der Waals surface area contributed by atoms with Crippen LogP contribution in [0.3, 0.4) is 0 Å². The molecule has 0 spiro atoms. The van der Waals surface area contributed by atoms with Crippen LogP contribution in [0.2, 0.25) is 0 Å². The third-order valence-corrected chi connectivity index (χ3v) is 1.82. The Morgan fingerprint density at radius 3 is 3.36 bits per heavy atom. The Morgan fingerprint density at radius 1 is 1.55 bits per heavy atom. The average Bonchev–Trinajstić information content (AvgIpc) is 2.04. The summed E-state index contributed by atoms with van der Waals surface area (Å²) >= 11 is 0. The van der Waals surface area contributed by atoms with Crippen LogP contribution in [-0.2, 0) is 0 Å². The van der Waals surface area contributed by atoms with Crippen LogP contribution in [0.1, 0.15) is 0 Å². The van der Waals surface area contributed by atoms with E-state index in [1.807, 2.05) is 12.1 Å². The first-order chi connectivity index (χ1) is 5.36. The van der Waals surface area contributed by atoms with Crippen LogP contribution < -0.4 is 16.3 Å². The molecule has 0 aromatic heterocycles. The van der Waals surface area contributed by atoms with Crippen molar-refractivity contribution in [2.45, 2.75) is 0 Å². The van der Waals surface area contributed by atoms with Crippen LogP contribution in [0.25, 0.3) is 0 Å². The lowest BCUT2D eigenvalue weighted by Gasteiger charge is -2.30. The zero-order valence-electron chi connectivity index (χ0n) is 6.52. The Bertz CT molecular complexity index is 218. The maximum absolute atomic E-state index is 3.23. The third-order valence-electron chi connectivity index (χ3n) is 1.82. The van der Waals surface area contributed by atoms with Crippen molar-refractivity contribution in [3.63, 3.8) is 0 Å². The fourth-order valence-electron chi connectivity index (χ4n) is 1.26. The van der Waals surface area contributed by atoms with Gasteiger partial charge in [-0.25, -0.2) is 5.01 Å². The van der Waals surface area contributed by atoms with E-state index in [2.05, 4.69) is 28.4 Å². The van der Waals surface area contributed by atoms with Gasteiger partial charge < -0.3 is 5.32 Å². The first-order valence-electron chi connectivity index (χ1n) is 3.72. The van der Waals surface area contributed by atoms with Gasteiger partial charge in [0.2, 0.25) is 0 Å². The lowest BCUT2D eigenvalue weighted by atomic mass is 10.2. The van der Waals surface area contributed by atoms with Crippen molar-refractivity contribution in [3.8, 4) is 0 Å². The Morgan fingerprint density at radius 2 is 2.45 bits per heavy atom. The number of nitrogens with one attached hydrogen (secondary N) is 3. The molecule has 2 heterocycles. The van der Waals surface area contributed by atoms with E-state index in [1.54, 1.807) is 0 Å². The highest BCUT2D eigenvalue weighted by molar-refractivity contribution is 5.29. The molecular formula is C7H12N4. The fourth-order valence-corrected chi connectivity index (χ4v) is 1.26. The van der Waals surface area contributed by atoms with Gasteiger partial charge >= 0.3 is 0 Å². The summed E-state index contributed by atoms with van der Waals surface area (Å²) in [5, 5.41) is 5.23. The summed E-state index contributed by atoms with van der Waals surface area (Å²) in [7, 11) is 2.00. The number of rotatable bonds is 0. The van der Waals surface area contributed by atoms with Crippen molar-refractivity contribution in [3.05, 3.63) is 23.5 Å². The molecule has 0 aromatic rings. The molecule has 11 heavy (non-hydrogen) atoms. The molecule has 4 heteroatoms. The van der Waals surface area contributed by atoms with Gasteiger partial charge in [0, 0.05) is 25.7 Å². The van der Waals surface area contributed by atoms with Crippen molar-refractivity contribution in [2.24, 2.45) is 0 Å². The summed E-state index contributed by atoms with van der Waals surface area (Å²) in [5.74, 6) is 1.10. The number of hydrazine groups is 2. The molecule has 2 rings (SSSR count). The Labute approximate surface area is 65.9 Å². The number of nitrogens with zero attached hydrogens (tertiary/aromatic N) is 1. The molecule has 0 atom stereocenters. The highest BCUT2D eigenvalue weighted by atomic mass is 15.7. The lowest BCUT2D eigenvalue weighted by molar-refractivity contribution is 0.200. The normalized spacial score (nSPS) is 24.1. The highest BCUT2D eigenvalue weighted by Gasteiger charge is 2.14. The minimum absolute atomic E-state index is 0.914. The van der Waals surface area contributed by atoms with E-state index in [1.165, 1.54) is 5.57 Å². The van der Waals surface area contributed by atoms with E-state index in [0.29, 0.717) is 0 Å². The van der Waals surface area contributed by atoms with Gasteiger partial charge in [0.15, 0.2) is 0 Å². The number of hydrogen-bond acceptors (Lipinski definition) is 4. The Balaban J connectivity index is 2.19. The van der Waals surface area contributed by atoms with Crippen LogP contribution in [0.5, 0.6) is 0 Å². The van der Waals surface area contributed by atoms with E-state index in [-0.39, 0.29) is 0 Å². The Hall–Kier alpha value is -1.00. The molecule has 0 unspecified atom stereocenters. The molecule has 3 N–H and O–H groups in total. The van der Waals surface area contributed by atoms with E-state index in [9.17, 15) is 0 Å². The number of dihydropyridines is 1. The third kappa shape index (κ3) is 1.22. The van der Waals surface area contributed by atoms with Crippen LogP contribution in [-0.4, -0.2) is 25.1 Å². The molecule has 2 aliphatic rings. The summed E-state index contributed by atoms with van der Waals surface area (Å²) in [6, 6.07) is 0. The minimum Gasteiger partial charge on any atom is -0.367 e. The second kappa shape index (κ2) is 2.56. The summed E-state index contributed by atoms with van der Waals surface area (Å²) in [4.78, 5) is 0. The summed E-state index contributed by atoms with van der Waals surface area (Å²) in [5.41, 5.74) is 7.38. The van der Waals surface area contributed by atoms with Crippen molar-refractivity contribution in [1.82, 2.24) is 21.3 Å². The zero-order chi connectivity index (χ0) is 7.68. The fraction of sp³-hybridized carbons (Fsp3) is 0.429. The standard InChI is InChI=1S/C7H12N4/c1-11-5-6-3-2-4-8-7(6)9-10-11/h2-3,8-10H,4-5H2,1H3.